The van der Waals surface area contributed by atoms with Crippen molar-refractivity contribution >= 4 is 11.9 Å². The highest BCUT2D eigenvalue weighted by atomic mass is 16.5. The Morgan fingerprint density at radius 1 is 1.43 bits per heavy atom. The SMILES string of the molecule is COc1cccc([C@@H]2C[C@H]2C(=O)N2CCO[C@H](CC(=O)O)C2)c1. The number of hydrogen-bond acceptors (Lipinski definition) is 4. The van der Waals surface area contributed by atoms with Crippen molar-refractivity contribution in [3.63, 3.8) is 0 Å². The molecule has 0 bridgehead atoms. The fraction of sp³-hybridized carbons (Fsp3) is 0.529. The molecule has 1 amide bonds. The van der Waals surface area contributed by atoms with E-state index >= 15 is 0 Å². The smallest absolute Gasteiger partial charge is 0.306 e. The van der Waals surface area contributed by atoms with Gasteiger partial charge in [-0.3, -0.25) is 9.59 Å². The molecule has 124 valence electrons. The minimum absolute atomic E-state index is 0.00863. The van der Waals surface area contributed by atoms with Crippen LogP contribution in [0.15, 0.2) is 24.3 Å². The van der Waals surface area contributed by atoms with E-state index in [0.717, 1.165) is 17.7 Å². The van der Waals surface area contributed by atoms with E-state index in [2.05, 4.69) is 0 Å². The molecule has 0 radical (unpaired) electrons. The van der Waals surface area contributed by atoms with E-state index in [1.54, 1.807) is 12.0 Å². The van der Waals surface area contributed by atoms with Gasteiger partial charge in [-0.1, -0.05) is 12.1 Å². The average molecular weight is 319 g/mol. The molecular formula is C17H21NO5. The minimum Gasteiger partial charge on any atom is -0.497 e. The molecule has 3 rings (SSSR count). The van der Waals surface area contributed by atoms with Crippen molar-refractivity contribution in [1.29, 1.82) is 0 Å². The Kier molecular flexibility index (Phi) is 4.52. The molecule has 1 heterocycles. The third kappa shape index (κ3) is 3.64. The van der Waals surface area contributed by atoms with Crippen LogP contribution in [0, 0.1) is 5.92 Å². The topological polar surface area (TPSA) is 76.1 Å². The molecule has 3 atom stereocenters. The van der Waals surface area contributed by atoms with E-state index in [0.29, 0.717) is 19.7 Å². The van der Waals surface area contributed by atoms with Crippen LogP contribution in [0.5, 0.6) is 5.75 Å². The standard InChI is InChI=1S/C17H21NO5/c1-22-12-4-2-3-11(7-12)14-9-15(14)17(21)18-5-6-23-13(10-18)8-16(19)20/h2-4,7,13-15H,5-6,8-10H2,1H3,(H,19,20)/t13-,14+,15-/m1/s1. The van der Waals surface area contributed by atoms with Crippen molar-refractivity contribution in [3.8, 4) is 5.75 Å². The monoisotopic (exact) mass is 319 g/mol. The molecule has 6 nitrogen and oxygen atoms in total. The number of carbonyl (C=O) groups is 2. The second-order valence-corrected chi connectivity index (χ2v) is 6.10. The third-order valence-corrected chi connectivity index (χ3v) is 4.48. The number of benzene rings is 1. The minimum atomic E-state index is -0.898. The number of morpholine rings is 1. The first kappa shape index (κ1) is 15.8. The van der Waals surface area contributed by atoms with Gasteiger partial charge in [-0.2, -0.15) is 0 Å². The lowest BCUT2D eigenvalue weighted by Crippen LogP contribution is -2.47. The van der Waals surface area contributed by atoms with Gasteiger partial charge in [0.1, 0.15) is 5.75 Å². The zero-order valence-electron chi connectivity index (χ0n) is 13.1. The zero-order chi connectivity index (χ0) is 16.4. The fourth-order valence-corrected chi connectivity index (χ4v) is 3.18. The summed E-state index contributed by atoms with van der Waals surface area (Å²) in [5, 5.41) is 8.86. The first-order valence-electron chi connectivity index (χ1n) is 7.84. The van der Waals surface area contributed by atoms with E-state index in [9.17, 15) is 9.59 Å². The summed E-state index contributed by atoms with van der Waals surface area (Å²) in [4.78, 5) is 25.2. The summed E-state index contributed by atoms with van der Waals surface area (Å²) >= 11 is 0. The molecule has 1 aromatic carbocycles. The maximum absolute atomic E-state index is 12.6. The zero-order valence-corrected chi connectivity index (χ0v) is 13.1. The van der Waals surface area contributed by atoms with Gasteiger partial charge in [0.15, 0.2) is 0 Å². The molecule has 0 unspecified atom stereocenters. The second-order valence-electron chi connectivity index (χ2n) is 6.10. The van der Waals surface area contributed by atoms with Gasteiger partial charge in [-0.15, -0.1) is 0 Å². The number of amides is 1. The number of carboxylic acids is 1. The number of nitrogens with zero attached hydrogens (tertiary/aromatic N) is 1. The van der Waals surface area contributed by atoms with Crippen LogP contribution in [0.4, 0.5) is 0 Å². The molecule has 1 saturated carbocycles. The maximum Gasteiger partial charge on any atom is 0.306 e. The van der Waals surface area contributed by atoms with Gasteiger partial charge in [-0.25, -0.2) is 0 Å². The van der Waals surface area contributed by atoms with Gasteiger partial charge >= 0.3 is 5.97 Å². The lowest BCUT2D eigenvalue weighted by molar-refractivity contribution is -0.148. The number of ether oxygens (including phenoxy) is 2. The molecule has 1 aliphatic carbocycles. The van der Waals surface area contributed by atoms with Gasteiger partial charge in [-0.05, 0) is 30.0 Å². The molecule has 2 aliphatic rings. The normalized spacial score (nSPS) is 26.7. The summed E-state index contributed by atoms with van der Waals surface area (Å²) in [6.45, 7) is 1.31. The highest BCUT2D eigenvalue weighted by Crippen LogP contribution is 2.49. The van der Waals surface area contributed by atoms with Gasteiger partial charge < -0.3 is 19.5 Å². The first-order chi connectivity index (χ1) is 11.1. The van der Waals surface area contributed by atoms with Crippen LogP contribution < -0.4 is 4.74 Å². The van der Waals surface area contributed by atoms with Crippen molar-refractivity contribution < 1.29 is 24.2 Å². The number of methoxy groups -OCH3 is 1. The average Bonchev–Trinajstić information content (AvgIpc) is 3.34. The van der Waals surface area contributed by atoms with E-state index in [1.807, 2.05) is 24.3 Å². The van der Waals surface area contributed by atoms with Crippen LogP contribution >= 0.6 is 0 Å². The summed E-state index contributed by atoms with van der Waals surface area (Å²) in [7, 11) is 1.63. The van der Waals surface area contributed by atoms with Crippen LogP contribution in [-0.2, 0) is 14.3 Å². The van der Waals surface area contributed by atoms with E-state index < -0.39 is 12.1 Å². The summed E-state index contributed by atoms with van der Waals surface area (Å²) in [5.74, 6) is 0.235. The van der Waals surface area contributed by atoms with Gasteiger partial charge in [0.05, 0.1) is 26.2 Å². The summed E-state index contributed by atoms with van der Waals surface area (Å²) in [6, 6.07) is 7.82. The van der Waals surface area contributed by atoms with Crippen molar-refractivity contribution in [2.75, 3.05) is 26.8 Å². The Hall–Kier alpha value is -2.08. The second kappa shape index (κ2) is 6.58. The Bertz CT molecular complexity index is 602. The Morgan fingerprint density at radius 3 is 3.00 bits per heavy atom. The number of aliphatic carboxylic acids is 1. The number of carboxylic acid groups (broad SMARTS) is 1. The van der Waals surface area contributed by atoms with E-state index in [-0.39, 0.29) is 24.2 Å². The van der Waals surface area contributed by atoms with Crippen molar-refractivity contribution in [3.05, 3.63) is 29.8 Å². The fourth-order valence-electron chi connectivity index (χ4n) is 3.18. The molecule has 0 spiro atoms. The van der Waals surface area contributed by atoms with Gasteiger partial charge in [0, 0.05) is 19.0 Å². The first-order valence-corrected chi connectivity index (χ1v) is 7.84. The molecule has 1 N–H and O–H groups in total. The van der Waals surface area contributed by atoms with E-state index in [4.69, 9.17) is 14.6 Å². The van der Waals surface area contributed by atoms with Crippen LogP contribution in [0.3, 0.4) is 0 Å². The van der Waals surface area contributed by atoms with Crippen molar-refractivity contribution in [2.24, 2.45) is 5.92 Å². The van der Waals surface area contributed by atoms with Crippen molar-refractivity contribution in [1.82, 2.24) is 4.90 Å². The molecular weight excluding hydrogens is 298 g/mol. The Morgan fingerprint density at radius 2 is 2.26 bits per heavy atom. The lowest BCUT2D eigenvalue weighted by Gasteiger charge is -2.32. The van der Waals surface area contributed by atoms with Crippen molar-refractivity contribution in [2.45, 2.75) is 24.9 Å². The van der Waals surface area contributed by atoms with Crippen LogP contribution in [0.2, 0.25) is 0 Å². The molecule has 0 aromatic heterocycles. The molecule has 1 saturated heterocycles. The number of hydrogen-bond donors (Lipinski definition) is 1. The summed E-state index contributed by atoms with van der Waals surface area (Å²) in [5.41, 5.74) is 1.12. The maximum atomic E-state index is 12.6. The lowest BCUT2D eigenvalue weighted by atomic mass is 10.1. The molecule has 6 heteroatoms. The van der Waals surface area contributed by atoms with Crippen LogP contribution in [0.1, 0.15) is 24.3 Å². The predicted octanol–water partition coefficient (Wildman–Crippen LogP) is 1.50. The predicted molar refractivity (Wildman–Crippen MR) is 82.4 cm³/mol. The van der Waals surface area contributed by atoms with Gasteiger partial charge in [0.25, 0.3) is 0 Å². The van der Waals surface area contributed by atoms with Crippen LogP contribution in [0.25, 0.3) is 0 Å². The Labute approximate surface area is 135 Å². The summed E-state index contributed by atoms with van der Waals surface area (Å²) in [6.07, 6.45) is 0.375. The van der Waals surface area contributed by atoms with E-state index in [1.165, 1.54) is 0 Å². The molecule has 2 fully saturated rings. The number of rotatable bonds is 5. The highest BCUT2D eigenvalue weighted by molar-refractivity contribution is 5.83. The highest BCUT2D eigenvalue weighted by Gasteiger charge is 2.46. The molecule has 1 aromatic rings. The Balaban J connectivity index is 1.60. The number of carbonyl (C=O) groups excluding carboxylic acids is 1. The molecule has 23 heavy (non-hydrogen) atoms. The molecule has 1 aliphatic heterocycles. The largest absolute Gasteiger partial charge is 0.497 e. The van der Waals surface area contributed by atoms with Gasteiger partial charge in [0.2, 0.25) is 5.91 Å². The quantitative estimate of drug-likeness (QED) is 0.890. The van der Waals surface area contributed by atoms with Crippen LogP contribution in [-0.4, -0.2) is 54.8 Å². The summed E-state index contributed by atoms with van der Waals surface area (Å²) < 4.78 is 10.6. The third-order valence-electron chi connectivity index (χ3n) is 4.48.